The highest BCUT2D eigenvalue weighted by atomic mass is 15.0. The zero-order valence-electron chi connectivity index (χ0n) is 27.4. The molecule has 0 aliphatic carbocycles. The Hall–Kier alpha value is -6.64. The molecule has 8 aromatic carbocycles. The van der Waals surface area contributed by atoms with Crippen LogP contribution in [0.15, 0.2) is 194 Å². The van der Waals surface area contributed by atoms with E-state index in [0.717, 1.165) is 5.69 Å². The molecule has 2 aromatic heterocycles. The summed E-state index contributed by atoms with van der Waals surface area (Å²) in [6, 6.07) is 70.4. The number of para-hydroxylation sites is 3. The lowest BCUT2D eigenvalue weighted by Crippen LogP contribution is -1.95. The second kappa shape index (κ2) is 11.5. The van der Waals surface area contributed by atoms with Crippen molar-refractivity contribution in [1.29, 1.82) is 0 Å². The Balaban J connectivity index is 1.17. The molecule has 50 heavy (non-hydrogen) atoms. The molecule has 2 heterocycles. The van der Waals surface area contributed by atoms with E-state index in [1.807, 2.05) is 0 Å². The van der Waals surface area contributed by atoms with Gasteiger partial charge in [-0.2, -0.15) is 0 Å². The number of rotatable bonds is 5. The van der Waals surface area contributed by atoms with Crippen molar-refractivity contribution in [2.24, 2.45) is 0 Å². The van der Waals surface area contributed by atoms with Crippen LogP contribution in [0.1, 0.15) is 0 Å². The fourth-order valence-electron chi connectivity index (χ4n) is 7.85. The lowest BCUT2D eigenvalue weighted by molar-refractivity contribution is 1.18. The highest BCUT2D eigenvalue weighted by Crippen LogP contribution is 2.39. The fraction of sp³-hybridized carbons (Fsp3) is 0. The Kier molecular flexibility index (Phi) is 6.53. The van der Waals surface area contributed by atoms with E-state index in [-0.39, 0.29) is 0 Å². The van der Waals surface area contributed by atoms with E-state index in [0.29, 0.717) is 0 Å². The first-order valence-electron chi connectivity index (χ1n) is 17.2. The monoisotopic (exact) mass is 636 g/mol. The Labute approximate surface area is 290 Å². The van der Waals surface area contributed by atoms with E-state index in [9.17, 15) is 0 Å². The fourth-order valence-corrected chi connectivity index (χ4v) is 7.85. The van der Waals surface area contributed by atoms with Gasteiger partial charge in [0.2, 0.25) is 0 Å². The first kappa shape index (κ1) is 28.4. The summed E-state index contributed by atoms with van der Waals surface area (Å²) in [5, 5.41) is 5.03. The van der Waals surface area contributed by atoms with Crippen LogP contribution in [-0.2, 0) is 0 Å². The van der Waals surface area contributed by atoms with Crippen LogP contribution in [0.5, 0.6) is 0 Å². The van der Waals surface area contributed by atoms with Crippen LogP contribution in [0.2, 0.25) is 0 Å². The summed E-state index contributed by atoms with van der Waals surface area (Å²) in [5.41, 5.74) is 14.4. The first-order chi connectivity index (χ1) is 24.8. The lowest BCUT2D eigenvalue weighted by Gasteiger charge is -2.14. The van der Waals surface area contributed by atoms with Gasteiger partial charge in [-0.05, 0) is 81.9 Å². The molecular weight excluding hydrogens is 605 g/mol. The molecule has 0 bridgehead atoms. The lowest BCUT2D eigenvalue weighted by atomic mass is 9.94. The normalized spacial score (nSPS) is 11.6. The zero-order chi connectivity index (χ0) is 33.0. The number of hydrogen-bond donors (Lipinski definition) is 0. The molecule has 10 aromatic rings. The van der Waals surface area contributed by atoms with Gasteiger partial charge in [0.05, 0.1) is 22.1 Å². The Morgan fingerprint density at radius 3 is 1.30 bits per heavy atom. The smallest absolute Gasteiger partial charge is 0.0547 e. The molecule has 0 amide bonds. The highest BCUT2D eigenvalue weighted by molar-refractivity contribution is 6.12. The zero-order valence-corrected chi connectivity index (χ0v) is 27.4. The van der Waals surface area contributed by atoms with Crippen molar-refractivity contribution in [1.82, 2.24) is 9.13 Å². The molecule has 2 heteroatoms. The number of fused-ring (bicyclic) bond motifs is 6. The molecule has 0 N–H and O–H groups in total. The summed E-state index contributed by atoms with van der Waals surface area (Å²) in [4.78, 5) is 0. The van der Waals surface area contributed by atoms with Gasteiger partial charge in [0, 0.05) is 32.9 Å². The van der Waals surface area contributed by atoms with Crippen molar-refractivity contribution in [3.63, 3.8) is 0 Å². The first-order valence-corrected chi connectivity index (χ1v) is 17.2. The predicted molar refractivity (Wildman–Crippen MR) is 211 cm³/mol. The molecule has 0 spiro atoms. The quantitative estimate of drug-likeness (QED) is 0.178. The maximum Gasteiger partial charge on any atom is 0.0547 e. The van der Waals surface area contributed by atoms with Crippen LogP contribution in [0.3, 0.4) is 0 Å². The molecule has 234 valence electrons. The van der Waals surface area contributed by atoms with Crippen LogP contribution >= 0.6 is 0 Å². The predicted octanol–water partition coefficient (Wildman–Crippen LogP) is 12.9. The molecule has 0 aliphatic rings. The van der Waals surface area contributed by atoms with Crippen molar-refractivity contribution in [3.05, 3.63) is 194 Å². The van der Waals surface area contributed by atoms with Crippen LogP contribution in [0, 0.1) is 0 Å². The van der Waals surface area contributed by atoms with Crippen molar-refractivity contribution in [2.45, 2.75) is 0 Å². The SMILES string of the molecule is c1ccc(-c2ccccc2-c2cccc(-n3c4ccccc4c4ccc(-c5ccc6c7ccccc7n(-c7ccccc7)c6c5)cc43)c2)cc1. The summed E-state index contributed by atoms with van der Waals surface area (Å²) in [7, 11) is 0. The number of nitrogens with zero attached hydrogens (tertiary/aromatic N) is 2. The second-order valence-electron chi connectivity index (χ2n) is 13.0. The molecule has 0 saturated carbocycles. The largest absolute Gasteiger partial charge is 0.309 e. The Morgan fingerprint density at radius 1 is 0.240 bits per heavy atom. The van der Waals surface area contributed by atoms with E-state index in [2.05, 4.69) is 203 Å². The molecular formula is C48H32N2. The summed E-state index contributed by atoms with van der Waals surface area (Å²) in [6.07, 6.45) is 0. The summed E-state index contributed by atoms with van der Waals surface area (Å²) < 4.78 is 4.82. The van der Waals surface area contributed by atoms with Gasteiger partial charge in [-0.15, -0.1) is 0 Å². The van der Waals surface area contributed by atoms with E-state index in [1.54, 1.807) is 0 Å². The minimum absolute atomic E-state index is 1.15. The summed E-state index contributed by atoms with van der Waals surface area (Å²) in [6.45, 7) is 0. The third-order valence-corrected chi connectivity index (χ3v) is 10.1. The summed E-state index contributed by atoms with van der Waals surface area (Å²) in [5.74, 6) is 0. The standard InChI is InChI=1S/C48H32N2/c1-3-14-33(15-4-1)39-20-7-8-21-40(39)36-16-13-19-38(30-36)50-46-25-12-10-23-42(46)44-29-27-35(32-48(44)50)34-26-28-43-41-22-9-11-24-45(41)49(47(43)31-34)37-17-5-2-6-18-37/h1-32H. The van der Waals surface area contributed by atoms with Crippen LogP contribution in [0.25, 0.3) is 88.4 Å². The number of benzene rings is 8. The van der Waals surface area contributed by atoms with Gasteiger partial charge < -0.3 is 9.13 Å². The third-order valence-electron chi connectivity index (χ3n) is 10.1. The van der Waals surface area contributed by atoms with Crippen LogP contribution in [0.4, 0.5) is 0 Å². The molecule has 0 atom stereocenters. The maximum absolute atomic E-state index is 2.43. The molecule has 0 radical (unpaired) electrons. The van der Waals surface area contributed by atoms with Crippen molar-refractivity contribution in [3.8, 4) is 44.8 Å². The maximum atomic E-state index is 2.43. The highest BCUT2D eigenvalue weighted by Gasteiger charge is 2.17. The van der Waals surface area contributed by atoms with Crippen molar-refractivity contribution >= 4 is 43.6 Å². The van der Waals surface area contributed by atoms with Gasteiger partial charge in [-0.25, -0.2) is 0 Å². The van der Waals surface area contributed by atoms with Gasteiger partial charge in [0.1, 0.15) is 0 Å². The van der Waals surface area contributed by atoms with Gasteiger partial charge in [-0.1, -0.05) is 146 Å². The number of aromatic nitrogens is 2. The van der Waals surface area contributed by atoms with E-state index in [1.165, 1.54) is 82.7 Å². The van der Waals surface area contributed by atoms with Crippen molar-refractivity contribution < 1.29 is 0 Å². The molecule has 0 saturated heterocycles. The molecule has 0 fully saturated rings. The van der Waals surface area contributed by atoms with Gasteiger partial charge in [-0.3, -0.25) is 0 Å². The molecule has 0 unspecified atom stereocenters. The van der Waals surface area contributed by atoms with Gasteiger partial charge in [0.25, 0.3) is 0 Å². The van der Waals surface area contributed by atoms with Gasteiger partial charge in [0.15, 0.2) is 0 Å². The average Bonchev–Trinajstić information content (AvgIpc) is 3.71. The van der Waals surface area contributed by atoms with Crippen LogP contribution in [-0.4, -0.2) is 9.13 Å². The molecule has 0 aliphatic heterocycles. The van der Waals surface area contributed by atoms with E-state index < -0.39 is 0 Å². The van der Waals surface area contributed by atoms with Crippen molar-refractivity contribution in [2.75, 3.05) is 0 Å². The van der Waals surface area contributed by atoms with E-state index >= 15 is 0 Å². The Bertz CT molecular complexity index is 2860. The Morgan fingerprint density at radius 2 is 0.680 bits per heavy atom. The average molecular weight is 637 g/mol. The van der Waals surface area contributed by atoms with E-state index in [4.69, 9.17) is 0 Å². The van der Waals surface area contributed by atoms with Crippen LogP contribution < -0.4 is 0 Å². The minimum atomic E-state index is 1.15. The summed E-state index contributed by atoms with van der Waals surface area (Å²) >= 11 is 0. The van der Waals surface area contributed by atoms with Gasteiger partial charge >= 0.3 is 0 Å². The molecule has 2 nitrogen and oxygen atoms in total. The topological polar surface area (TPSA) is 9.86 Å². The second-order valence-corrected chi connectivity index (χ2v) is 13.0. The minimum Gasteiger partial charge on any atom is -0.309 e. The molecule has 10 rings (SSSR count). The third kappa shape index (κ3) is 4.50. The number of hydrogen-bond acceptors (Lipinski definition) is 0.